The molecule has 2 unspecified atom stereocenters. The maximum Gasteiger partial charge on any atom is 0.137 e. The number of nitrogens with two attached hydrogens (primary N) is 1. The van der Waals surface area contributed by atoms with E-state index in [1.165, 1.54) is 12.8 Å². The molecule has 0 amide bonds. The van der Waals surface area contributed by atoms with Gasteiger partial charge in [-0.25, -0.2) is 0 Å². The fourth-order valence-electron chi connectivity index (χ4n) is 2.11. The van der Waals surface area contributed by atoms with Gasteiger partial charge >= 0.3 is 0 Å². The van der Waals surface area contributed by atoms with Gasteiger partial charge in [0.05, 0.1) is 0 Å². The highest BCUT2D eigenvalue weighted by Crippen LogP contribution is 2.30. The summed E-state index contributed by atoms with van der Waals surface area (Å²) in [5.74, 6) is 1.47. The Balaban J connectivity index is 2.19. The first-order valence-corrected chi connectivity index (χ1v) is 4.88. The van der Waals surface area contributed by atoms with Crippen molar-refractivity contribution in [2.75, 3.05) is 0 Å². The van der Waals surface area contributed by atoms with Gasteiger partial charge in [-0.05, 0) is 12.8 Å². The van der Waals surface area contributed by atoms with Crippen molar-refractivity contribution in [1.29, 1.82) is 0 Å². The molecule has 2 atom stereocenters. The molecule has 0 aromatic carbocycles. The van der Waals surface area contributed by atoms with E-state index in [9.17, 15) is 0 Å². The summed E-state index contributed by atoms with van der Waals surface area (Å²) in [6.07, 6.45) is 6.56. The van der Waals surface area contributed by atoms with Gasteiger partial charge in [0.2, 0.25) is 0 Å². The van der Waals surface area contributed by atoms with Crippen molar-refractivity contribution in [2.24, 2.45) is 12.8 Å². The molecule has 1 fully saturated rings. The van der Waals surface area contributed by atoms with Gasteiger partial charge in [-0.2, -0.15) is 0 Å². The number of nitrogens with zero attached hydrogens (tertiary/aromatic N) is 3. The lowest BCUT2D eigenvalue weighted by atomic mass is 9.84. The molecule has 1 aromatic heterocycles. The molecule has 0 saturated heterocycles. The molecule has 4 nitrogen and oxygen atoms in total. The second kappa shape index (κ2) is 3.46. The topological polar surface area (TPSA) is 56.7 Å². The van der Waals surface area contributed by atoms with Crippen LogP contribution in [0, 0.1) is 0 Å². The van der Waals surface area contributed by atoms with Gasteiger partial charge in [0, 0.05) is 19.0 Å². The first-order chi connectivity index (χ1) is 6.29. The molecule has 72 valence electrons. The molecular weight excluding hydrogens is 164 g/mol. The van der Waals surface area contributed by atoms with Crippen LogP contribution in [0.25, 0.3) is 0 Å². The van der Waals surface area contributed by atoms with E-state index in [1.807, 2.05) is 11.6 Å². The fourth-order valence-corrected chi connectivity index (χ4v) is 2.11. The molecule has 0 radical (unpaired) electrons. The van der Waals surface area contributed by atoms with Crippen LogP contribution in [0.5, 0.6) is 0 Å². The number of hydrogen-bond donors (Lipinski definition) is 1. The molecule has 1 aliphatic rings. The fraction of sp³-hybridized carbons (Fsp3) is 0.778. The summed E-state index contributed by atoms with van der Waals surface area (Å²) >= 11 is 0. The maximum absolute atomic E-state index is 6.06. The number of aromatic nitrogens is 3. The summed E-state index contributed by atoms with van der Waals surface area (Å²) < 4.78 is 1.98. The van der Waals surface area contributed by atoms with Crippen molar-refractivity contribution >= 4 is 0 Å². The minimum Gasteiger partial charge on any atom is -0.327 e. The number of rotatable bonds is 1. The Morgan fingerprint density at radius 1 is 1.46 bits per heavy atom. The molecular formula is C9H16N4. The molecule has 0 spiro atoms. The van der Waals surface area contributed by atoms with Gasteiger partial charge in [0.1, 0.15) is 12.2 Å². The molecule has 0 aliphatic heterocycles. The third-order valence-corrected chi connectivity index (χ3v) is 2.90. The average molecular weight is 180 g/mol. The summed E-state index contributed by atoms with van der Waals surface area (Å²) in [6, 6.07) is 0.275. The van der Waals surface area contributed by atoms with E-state index < -0.39 is 0 Å². The maximum atomic E-state index is 6.06. The molecule has 2 rings (SSSR count). The third-order valence-electron chi connectivity index (χ3n) is 2.90. The highest BCUT2D eigenvalue weighted by Gasteiger charge is 2.26. The summed E-state index contributed by atoms with van der Waals surface area (Å²) in [7, 11) is 1.98. The lowest BCUT2D eigenvalue weighted by Gasteiger charge is -2.27. The second-order valence-electron chi connectivity index (χ2n) is 3.85. The zero-order valence-corrected chi connectivity index (χ0v) is 7.98. The highest BCUT2D eigenvalue weighted by molar-refractivity contribution is 5.02. The van der Waals surface area contributed by atoms with Gasteiger partial charge in [-0.15, -0.1) is 10.2 Å². The van der Waals surface area contributed by atoms with Crippen LogP contribution >= 0.6 is 0 Å². The van der Waals surface area contributed by atoms with Gasteiger partial charge < -0.3 is 10.3 Å². The SMILES string of the molecule is Cn1cnnc1C1CCCCC1N. The largest absolute Gasteiger partial charge is 0.327 e. The quantitative estimate of drug-likeness (QED) is 0.695. The van der Waals surface area contributed by atoms with E-state index in [1.54, 1.807) is 6.33 Å². The van der Waals surface area contributed by atoms with Crippen LogP contribution in [0.3, 0.4) is 0 Å². The standard InChI is InChI=1S/C9H16N4/c1-13-6-11-12-9(13)7-4-2-3-5-8(7)10/h6-8H,2-5,10H2,1H3. The Morgan fingerprint density at radius 2 is 2.23 bits per heavy atom. The van der Waals surface area contributed by atoms with Crippen molar-refractivity contribution in [3.05, 3.63) is 12.2 Å². The predicted molar refractivity (Wildman–Crippen MR) is 50.2 cm³/mol. The Bertz CT molecular complexity index is 281. The summed E-state index contributed by atoms with van der Waals surface area (Å²) in [5.41, 5.74) is 6.06. The van der Waals surface area contributed by atoms with Crippen LogP contribution in [-0.4, -0.2) is 20.8 Å². The van der Waals surface area contributed by atoms with E-state index in [4.69, 9.17) is 5.73 Å². The van der Waals surface area contributed by atoms with Crippen molar-refractivity contribution in [3.8, 4) is 0 Å². The molecule has 2 N–H and O–H groups in total. The van der Waals surface area contributed by atoms with E-state index in [0.717, 1.165) is 18.7 Å². The zero-order chi connectivity index (χ0) is 9.26. The first-order valence-electron chi connectivity index (χ1n) is 4.88. The molecule has 0 bridgehead atoms. The van der Waals surface area contributed by atoms with Gasteiger partial charge in [-0.3, -0.25) is 0 Å². The Labute approximate surface area is 78.1 Å². The van der Waals surface area contributed by atoms with Crippen molar-refractivity contribution in [1.82, 2.24) is 14.8 Å². The van der Waals surface area contributed by atoms with Gasteiger partial charge in [0.25, 0.3) is 0 Å². The summed E-state index contributed by atoms with van der Waals surface area (Å²) in [6.45, 7) is 0. The number of aryl methyl sites for hydroxylation is 1. The van der Waals surface area contributed by atoms with Crippen LogP contribution in [0.1, 0.15) is 37.4 Å². The summed E-state index contributed by atoms with van der Waals surface area (Å²) in [4.78, 5) is 0. The highest BCUT2D eigenvalue weighted by atomic mass is 15.2. The van der Waals surface area contributed by atoms with Crippen LogP contribution in [-0.2, 0) is 7.05 Å². The summed E-state index contributed by atoms with van der Waals surface area (Å²) in [5, 5.41) is 8.01. The van der Waals surface area contributed by atoms with E-state index >= 15 is 0 Å². The van der Waals surface area contributed by atoms with Crippen molar-refractivity contribution in [2.45, 2.75) is 37.6 Å². The molecule has 4 heteroatoms. The van der Waals surface area contributed by atoms with Crippen LogP contribution in [0.4, 0.5) is 0 Å². The van der Waals surface area contributed by atoms with Gasteiger partial charge in [-0.1, -0.05) is 12.8 Å². The molecule has 1 saturated carbocycles. The van der Waals surface area contributed by atoms with Crippen LogP contribution < -0.4 is 5.73 Å². The number of hydrogen-bond acceptors (Lipinski definition) is 3. The smallest absolute Gasteiger partial charge is 0.137 e. The van der Waals surface area contributed by atoms with Crippen molar-refractivity contribution in [3.63, 3.8) is 0 Å². The van der Waals surface area contributed by atoms with E-state index in [0.29, 0.717) is 5.92 Å². The lowest BCUT2D eigenvalue weighted by Crippen LogP contribution is -2.32. The zero-order valence-electron chi connectivity index (χ0n) is 7.98. The molecule has 13 heavy (non-hydrogen) atoms. The monoisotopic (exact) mass is 180 g/mol. The predicted octanol–water partition coefficient (Wildman–Crippen LogP) is 0.800. The third kappa shape index (κ3) is 1.58. The molecule has 1 heterocycles. The Kier molecular flexibility index (Phi) is 2.31. The van der Waals surface area contributed by atoms with Crippen molar-refractivity contribution < 1.29 is 0 Å². The molecule has 1 aliphatic carbocycles. The van der Waals surface area contributed by atoms with E-state index in [2.05, 4.69) is 10.2 Å². The van der Waals surface area contributed by atoms with Crippen LogP contribution in [0.15, 0.2) is 6.33 Å². The van der Waals surface area contributed by atoms with Gasteiger partial charge in [0.15, 0.2) is 0 Å². The first kappa shape index (κ1) is 8.69. The minimum atomic E-state index is 0.275. The van der Waals surface area contributed by atoms with E-state index in [-0.39, 0.29) is 6.04 Å². The Hall–Kier alpha value is -0.900. The average Bonchev–Trinajstić information content (AvgIpc) is 2.52. The second-order valence-corrected chi connectivity index (χ2v) is 3.85. The minimum absolute atomic E-state index is 0.275. The normalized spacial score (nSPS) is 29.1. The lowest BCUT2D eigenvalue weighted by molar-refractivity contribution is 0.367. The van der Waals surface area contributed by atoms with Crippen LogP contribution in [0.2, 0.25) is 0 Å². The molecule has 1 aromatic rings. The Morgan fingerprint density at radius 3 is 2.85 bits per heavy atom.